The van der Waals surface area contributed by atoms with Crippen LogP contribution in [0.2, 0.25) is 13.1 Å². The van der Waals surface area contributed by atoms with Crippen molar-refractivity contribution in [1.29, 1.82) is 0 Å². The van der Waals surface area contributed by atoms with Crippen LogP contribution in [-0.2, 0) is 10.0 Å². The number of halogens is 1. The third kappa shape index (κ3) is 3.15. The summed E-state index contributed by atoms with van der Waals surface area (Å²) < 4.78 is 27.6. The molecule has 0 spiro atoms. The van der Waals surface area contributed by atoms with Crippen molar-refractivity contribution in [2.24, 2.45) is 0 Å². The second kappa shape index (κ2) is 6.74. The summed E-state index contributed by atoms with van der Waals surface area (Å²) in [5, 5.41) is 6.19. The molecule has 0 amide bonds. The first-order chi connectivity index (χ1) is 12.9. The fourth-order valence-corrected chi connectivity index (χ4v) is 5.60. The Balaban J connectivity index is 1.89. The van der Waals surface area contributed by atoms with E-state index in [4.69, 9.17) is 0 Å². The van der Waals surface area contributed by atoms with Gasteiger partial charge in [0.1, 0.15) is 14.4 Å². The molecule has 0 saturated heterocycles. The molecule has 6 nitrogen and oxygen atoms in total. The number of pyridine rings is 1. The number of aromatic amines is 1. The lowest BCUT2D eigenvalue weighted by atomic mass is 10.1. The van der Waals surface area contributed by atoms with Crippen LogP contribution in [0.5, 0.6) is 0 Å². The van der Waals surface area contributed by atoms with Crippen LogP contribution >= 0.6 is 15.9 Å². The Bertz CT molecular complexity index is 1230. The van der Waals surface area contributed by atoms with Gasteiger partial charge in [0.2, 0.25) is 0 Å². The standard InChI is InChI=1S/C18H16BrN4O2SSi/c1-27(2)18-16(15-8-13(19)10-20-17(15)22-18)12-9-21-23(11-12)26(24,25)14-6-4-3-5-7-14/h3-11H,1-2H3,(H,20,22). The van der Waals surface area contributed by atoms with Crippen LogP contribution in [0.15, 0.2) is 64.4 Å². The van der Waals surface area contributed by atoms with Crippen molar-refractivity contribution in [2.75, 3.05) is 0 Å². The molecule has 0 saturated carbocycles. The van der Waals surface area contributed by atoms with Crippen molar-refractivity contribution in [3.8, 4) is 11.1 Å². The molecule has 1 N–H and O–H groups in total. The average molecular weight is 460 g/mol. The third-order valence-electron chi connectivity index (χ3n) is 4.25. The van der Waals surface area contributed by atoms with E-state index in [0.717, 1.165) is 36.0 Å². The zero-order valence-corrected chi connectivity index (χ0v) is 18.0. The lowest BCUT2D eigenvalue weighted by molar-refractivity contribution is 0.580. The highest BCUT2D eigenvalue weighted by molar-refractivity contribution is 9.10. The van der Waals surface area contributed by atoms with Crippen molar-refractivity contribution in [2.45, 2.75) is 18.0 Å². The minimum atomic E-state index is -3.72. The summed E-state index contributed by atoms with van der Waals surface area (Å²) in [4.78, 5) is 8.04. The average Bonchev–Trinajstić information content (AvgIpc) is 3.27. The molecule has 4 aromatic rings. The Kier molecular flexibility index (Phi) is 4.53. The second-order valence-electron chi connectivity index (χ2n) is 6.34. The SMILES string of the molecule is C[Si](C)c1[nH]c2ncc(Br)cc2c1-c1cnn(S(=O)(=O)c2ccccc2)c1. The fourth-order valence-electron chi connectivity index (χ4n) is 2.99. The zero-order valence-electron chi connectivity index (χ0n) is 14.6. The molecule has 0 aliphatic rings. The zero-order chi connectivity index (χ0) is 19.2. The van der Waals surface area contributed by atoms with Crippen LogP contribution in [0, 0.1) is 0 Å². The molecule has 3 heterocycles. The number of benzene rings is 1. The number of hydrogen-bond acceptors (Lipinski definition) is 4. The Hall–Kier alpha value is -2.23. The highest BCUT2D eigenvalue weighted by Gasteiger charge is 2.22. The van der Waals surface area contributed by atoms with Crippen LogP contribution in [-0.4, -0.2) is 36.4 Å². The van der Waals surface area contributed by atoms with E-state index in [1.54, 1.807) is 48.9 Å². The Morgan fingerprint density at radius 1 is 1.15 bits per heavy atom. The largest absolute Gasteiger partial charge is 0.347 e. The van der Waals surface area contributed by atoms with Gasteiger partial charge in [0, 0.05) is 32.5 Å². The van der Waals surface area contributed by atoms with Gasteiger partial charge in [-0.3, -0.25) is 0 Å². The summed E-state index contributed by atoms with van der Waals surface area (Å²) in [5.41, 5.74) is 2.50. The Labute approximate surface area is 167 Å². The van der Waals surface area contributed by atoms with Crippen LogP contribution in [0.4, 0.5) is 0 Å². The molecule has 0 aliphatic heterocycles. The summed E-state index contributed by atoms with van der Waals surface area (Å²) in [6, 6.07) is 10.3. The minimum absolute atomic E-state index is 0.207. The minimum Gasteiger partial charge on any atom is -0.347 e. The lowest BCUT2D eigenvalue weighted by Gasteiger charge is -2.05. The van der Waals surface area contributed by atoms with E-state index in [9.17, 15) is 8.42 Å². The van der Waals surface area contributed by atoms with Gasteiger partial charge in [0.15, 0.2) is 0 Å². The van der Waals surface area contributed by atoms with Gasteiger partial charge in [0.05, 0.1) is 17.3 Å². The van der Waals surface area contributed by atoms with Crippen LogP contribution in [0.1, 0.15) is 0 Å². The predicted molar refractivity (Wildman–Crippen MR) is 111 cm³/mol. The number of aromatic nitrogens is 4. The van der Waals surface area contributed by atoms with Crippen LogP contribution < -0.4 is 5.32 Å². The lowest BCUT2D eigenvalue weighted by Crippen LogP contribution is -2.25. The molecule has 27 heavy (non-hydrogen) atoms. The molecule has 0 aliphatic carbocycles. The normalized spacial score (nSPS) is 12.1. The third-order valence-corrected chi connectivity index (χ3v) is 7.62. The molecule has 0 fully saturated rings. The number of nitrogens with one attached hydrogen (secondary N) is 1. The maximum atomic E-state index is 12.8. The van der Waals surface area contributed by atoms with Gasteiger partial charge in [-0.2, -0.15) is 17.6 Å². The summed E-state index contributed by atoms with van der Waals surface area (Å²) in [6.07, 6.45) is 4.91. The van der Waals surface area contributed by atoms with Crippen molar-refractivity contribution >= 4 is 51.1 Å². The van der Waals surface area contributed by atoms with Crippen molar-refractivity contribution in [3.05, 3.63) is 59.5 Å². The summed E-state index contributed by atoms with van der Waals surface area (Å²) in [6.45, 7) is 4.36. The van der Waals surface area contributed by atoms with Gasteiger partial charge in [0.25, 0.3) is 10.0 Å². The predicted octanol–water partition coefficient (Wildman–Crippen LogP) is 3.39. The van der Waals surface area contributed by atoms with Crippen LogP contribution in [0.3, 0.4) is 0 Å². The quantitative estimate of drug-likeness (QED) is 0.474. The molecule has 0 bridgehead atoms. The number of nitrogens with zero attached hydrogens (tertiary/aromatic N) is 3. The molecule has 0 atom stereocenters. The first-order valence-electron chi connectivity index (χ1n) is 8.21. The fraction of sp³-hybridized carbons (Fsp3) is 0.111. The highest BCUT2D eigenvalue weighted by Crippen LogP contribution is 2.29. The molecular weight excluding hydrogens is 444 g/mol. The highest BCUT2D eigenvalue weighted by atomic mass is 79.9. The maximum absolute atomic E-state index is 12.8. The molecule has 137 valence electrons. The van der Waals surface area contributed by atoms with E-state index in [0.29, 0.717) is 0 Å². The Morgan fingerprint density at radius 3 is 2.59 bits per heavy atom. The van der Waals surface area contributed by atoms with Gasteiger partial charge >= 0.3 is 0 Å². The number of rotatable bonds is 4. The monoisotopic (exact) mass is 459 g/mol. The van der Waals surface area contributed by atoms with Crippen molar-refractivity contribution in [3.63, 3.8) is 0 Å². The molecule has 1 radical (unpaired) electrons. The van der Waals surface area contributed by atoms with Gasteiger partial charge in [-0.1, -0.05) is 31.3 Å². The molecule has 1 aromatic carbocycles. The summed E-state index contributed by atoms with van der Waals surface area (Å²) in [5.74, 6) is 0. The van der Waals surface area contributed by atoms with Gasteiger partial charge < -0.3 is 4.98 Å². The smallest absolute Gasteiger partial charge is 0.282 e. The van der Waals surface area contributed by atoms with E-state index in [2.05, 4.69) is 44.1 Å². The van der Waals surface area contributed by atoms with E-state index < -0.39 is 18.8 Å². The summed E-state index contributed by atoms with van der Waals surface area (Å²) >= 11 is 3.47. The molecular formula is C18H16BrN4O2SSi. The first-order valence-corrected chi connectivity index (χ1v) is 12.9. The van der Waals surface area contributed by atoms with E-state index in [1.807, 2.05) is 6.07 Å². The molecule has 9 heteroatoms. The van der Waals surface area contributed by atoms with E-state index >= 15 is 0 Å². The van der Waals surface area contributed by atoms with Gasteiger partial charge in [-0.25, -0.2) is 4.98 Å². The maximum Gasteiger partial charge on any atom is 0.282 e. The summed E-state index contributed by atoms with van der Waals surface area (Å²) in [7, 11) is -4.56. The Morgan fingerprint density at radius 2 is 1.89 bits per heavy atom. The van der Waals surface area contributed by atoms with Crippen LogP contribution in [0.25, 0.3) is 22.2 Å². The molecule has 4 rings (SSSR count). The number of H-pyrrole nitrogens is 1. The van der Waals surface area contributed by atoms with Crippen molar-refractivity contribution in [1.82, 2.24) is 19.2 Å². The van der Waals surface area contributed by atoms with Crippen molar-refractivity contribution < 1.29 is 8.42 Å². The number of hydrogen-bond donors (Lipinski definition) is 1. The van der Waals surface area contributed by atoms with E-state index in [1.165, 1.54) is 0 Å². The topological polar surface area (TPSA) is 80.6 Å². The molecule has 0 unspecified atom stereocenters. The van der Waals surface area contributed by atoms with E-state index in [-0.39, 0.29) is 4.90 Å². The molecule has 3 aromatic heterocycles. The number of fused-ring (bicyclic) bond motifs is 1. The second-order valence-corrected chi connectivity index (χ2v) is 11.6. The van der Waals surface area contributed by atoms with Gasteiger partial charge in [-0.05, 0) is 34.1 Å². The van der Waals surface area contributed by atoms with Gasteiger partial charge in [-0.15, -0.1) is 0 Å². The first kappa shape index (κ1) is 18.1.